The summed E-state index contributed by atoms with van der Waals surface area (Å²) in [5.74, 6) is -0.377. The van der Waals surface area contributed by atoms with E-state index in [1.54, 1.807) is 6.07 Å². The first-order valence-electron chi connectivity index (χ1n) is 9.78. The summed E-state index contributed by atoms with van der Waals surface area (Å²) >= 11 is 0. The molecular formula is C23H26N2O4. The molecular weight excluding hydrogens is 368 g/mol. The second kappa shape index (κ2) is 8.90. The van der Waals surface area contributed by atoms with Crippen LogP contribution in [0.2, 0.25) is 0 Å². The maximum absolute atomic E-state index is 12.5. The number of nitrogens with one attached hydrogen (secondary N) is 1. The number of esters is 1. The van der Waals surface area contributed by atoms with Gasteiger partial charge in [-0.2, -0.15) is 0 Å². The number of nitrogens with zero attached hydrogens (tertiary/aromatic N) is 1. The molecule has 0 aliphatic rings. The van der Waals surface area contributed by atoms with Gasteiger partial charge in [0.05, 0.1) is 6.42 Å². The maximum atomic E-state index is 12.5. The Labute approximate surface area is 170 Å². The van der Waals surface area contributed by atoms with Crippen LogP contribution in [0.3, 0.4) is 0 Å². The Morgan fingerprint density at radius 2 is 1.66 bits per heavy atom. The minimum Gasteiger partial charge on any atom is -0.455 e. The summed E-state index contributed by atoms with van der Waals surface area (Å²) in [4.78, 5) is 24.6. The Bertz CT molecular complexity index is 994. The zero-order chi connectivity index (χ0) is 21.0. The fourth-order valence-electron chi connectivity index (χ4n) is 3.27. The van der Waals surface area contributed by atoms with E-state index in [4.69, 9.17) is 9.26 Å². The lowest BCUT2D eigenvalue weighted by Gasteiger charge is -2.20. The lowest BCUT2D eigenvalue weighted by atomic mass is 9.92. The SMILES string of the molecule is CC(C)c1cccc(C(C)C)c1NC(=O)COC(=O)Cc1noc2ccccc12. The van der Waals surface area contributed by atoms with Gasteiger partial charge >= 0.3 is 5.97 Å². The van der Waals surface area contributed by atoms with E-state index in [0.717, 1.165) is 22.2 Å². The molecule has 0 radical (unpaired) electrons. The molecule has 6 nitrogen and oxygen atoms in total. The lowest BCUT2D eigenvalue weighted by Crippen LogP contribution is -2.23. The predicted molar refractivity (Wildman–Crippen MR) is 112 cm³/mol. The Morgan fingerprint density at radius 3 is 2.31 bits per heavy atom. The summed E-state index contributed by atoms with van der Waals surface area (Å²) in [5, 5.41) is 7.62. The molecule has 0 bridgehead atoms. The Morgan fingerprint density at radius 1 is 1.00 bits per heavy atom. The number of fused-ring (bicyclic) bond motifs is 1. The molecule has 1 aromatic heterocycles. The van der Waals surface area contributed by atoms with Crippen molar-refractivity contribution in [3.05, 3.63) is 59.3 Å². The van der Waals surface area contributed by atoms with Crippen LogP contribution in [0, 0.1) is 0 Å². The van der Waals surface area contributed by atoms with Crippen LogP contribution < -0.4 is 5.32 Å². The normalized spacial score (nSPS) is 11.2. The monoisotopic (exact) mass is 394 g/mol. The van der Waals surface area contributed by atoms with Crippen LogP contribution in [0.25, 0.3) is 11.0 Å². The van der Waals surface area contributed by atoms with Gasteiger partial charge in [-0.15, -0.1) is 0 Å². The van der Waals surface area contributed by atoms with Crippen molar-refractivity contribution < 1.29 is 18.8 Å². The second-order valence-corrected chi connectivity index (χ2v) is 7.63. The third-order valence-electron chi connectivity index (χ3n) is 4.77. The number of para-hydroxylation sites is 2. The van der Waals surface area contributed by atoms with Crippen LogP contribution >= 0.6 is 0 Å². The van der Waals surface area contributed by atoms with Crippen LogP contribution in [0.4, 0.5) is 5.69 Å². The number of hydrogen-bond donors (Lipinski definition) is 1. The zero-order valence-corrected chi connectivity index (χ0v) is 17.2. The number of benzene rings is 2. The molecule has 2 aromatic carbocycles. The molecule has 0 spiro atoms. The average molecular weight is 394 g/mol. The summed E-state index contributed by atoms with van der Waals surface area (Å²) in [5.41, 5.74) is 4.04. The summed E-state index contributed by atoms with van der Waals surface area (Å²) in [6.07, 6.45) is -0.0515. The topological polar surface area (TPSA) is 81.4 Å². The van der Waals surface area contributed by atoms with Gasteiger partial charge in [0.1, 0.15) is 5.69 Å². The number of aromatic nitrogens is 1. The van der Waals surface area contributed by atoms with E-state index in [0.29, 0.717) is 11.3 Å². The van der Waals surface area contributed by atoms with Crippen molar-refractivity contribution in [2.75, 3.05) is 11.9 Å². The van der Waals surface area contributed by atoms with Gasteiger partial charge in [-0.25, -0.2) is 0 Å². The Hall–Kier alpha value is -3.15. The molecule has 29 heavy (non-hydrogen) atoms. The Kier molecular flexibility index (Phi) is 6.32. The number of amides is 1. The van der Waals surface area contributed by atoms with Gasteiger partial charge < -0.3 is 14.6 Å². The fraction of sp³-hybridized carbons (Fsp3) is 0.348. The molecule has 0 saturated heterocycles. The number of carbonyl (C=O) groups excluding carboxylic acids is 2. The van der Waals surface area contributed by atoms with Crippen molar-refractivity contribution in [1.29, 1.82) is 0 Å². The summed E-state index contributed by atoms with van der Waals surface area (Å²) in [7, 11) is 0. The number of rotatable bonds is 7. The van der Waals surface area contributed by atoms with E-state index in [1.165, 1.54) is 0 Å². The van der Waals surface area contributed by atoms with Crippen LogP contribution in [0.1, 0.15) is 56.4 Å². The molecule has 3 aromatic rings. The van der Waals surface area contributed by atoms with Gasteiger partial charge in [-0.3, -0.25) is 9.59 Å². The molecule has 0 aliphatic carbocycles. The molecule has 0 atom stereocenters. The third kappa shape index (κ3) is 4.83. The number of ether oxygens (including phenoxy) is 1. The predicted octanol–water partition coefficient (Wildman–Crippen LogP) is 4.80. The number of hydrogen-bond acceptors (Lipinski definition) is 5. The van der Waals surface area contributed by atoms with Crippen molar-refractivity contribution in [2.24, 2.45) is 0 Å². The summed E-state index contributed by atoms with van der Waals surface area (Å²) in [6.45, 7) is 7.97. The zero-order valence-electron chi connectivity index (χ0n) is 17.2. The van der Waals surface area contributed by atoms with Crippen LogP contribution in [0.15, 0.2) is 47.0 Å². The standard InChI is InChI=1S/C23H26N2O4/c1-14(2)16-9-7-10-17(15(3)4)23(16)24-21(26)13-28-22(27)12-19-18-8-5-6-11-20(18)29-25-19/h5-11,14-15H,12-13H2,1-4H3,(H,24,26). The molecule has 152 valence electrons. The molecule has 0 saturated carbocycles. The minimum absolute atomic E-state index is 0.0515. The highest BCUT2D eigenvalue weighted by molar-refractivity contribution is 5.95. The van der Waals surface area contributed by atoms with Gasteiger partial charge in [0, 0.05) is 11.1 Å². The van der Waals surface area contributed by atoms with Crippen LogP contribution in [0.5, 0.6) is 0 Å². The van der Waals surface area contributed by atoms with Crippen molar-refractivity contribution in [1.82, 2.24) is 5.16 Å². The van der Waals surface area contributed by atoms with E-state index < -0.39 is 5.97 Å². The largest absolute Gasteiger partial charge is 0.455 e. The van der Waals surface area contributed by atoms with Gasteiger partial charge in [-0.1, -0.05) is 63.2 Å². The highest BCUT2D eigenvalue weighted by Gasteiger charge is 2.18. The molecule has 6 heteroatoms. The van der Waals surface area contributed by atoms with Gasteiger partial charge in [-0.05, 0) is 35.1 Å². The first kappa shape index (κ1) is 20.6. The lowest BCUT2D eigenvalue weighted by molar-refractivity contribution is -0.146. The second-order valence-electron chi connectivity index (χ2n) is 7.63. The van der Waals surface area contributed by atoms with Crippen LogP contribution in [-0.4, -0.2) is 23.6 Å². The average Bonchev–Trinajstić information content (AvgIpc) is 3.09. The maximum Gasteiger partial charge on any atom is 0.312 e. The van der Waals surface area contributed by atoms with E-state index in [-0.39, 0.29) is 30.8 Å². The molecule has 1 amide bonds. The van der Waals surface area contributed by atoms with E-state index in [2.05, 4.69) is 38.2 Å². The first-order chi connectivity index (χ1) is 13.9. The first-order valence-corrected chi connectivity index (χ1v) is 9.78. The van der Waals surface area contributed by atoms with Gasteiger partial charge in [0.25, 0.3) is 5.91 Å². The van der Waals surface area contributed by atoms with Crippen molar-refractivity contribution in [3.63, 3.8) is 0 Å². The molecule has 0 unspecified atom stereocenters. The minimum atomic E-state index is -0.527. The van der Waals surface area contributed by atoms with Crippen molar-refractivity contribution in [3.8, 4) is 0 Å². The summed E-state index contributed by atoms with van der Waals surface area (Å²) in [6, 6.07) is 13.3. The molecule has 0 fully saturated rings. The third-order valence-corrected chi connectivity index (χ3v) is 4.77. The molecule has 1 heterocycles. The number of carbonyl (C=O) groups is 2. The Balaban J connectivity index is 1.63. The number of anilines is 1. The smallest absolute Gasteiger partial charge is 0.312 e. The highest BCUT2D eigenvalue weighted by Crippen LogP contribution is 2.32. The van der Waals surface area contributed by atoms with Crippen molar-refractivity contribution >= 4 is 28.5 Å². The molecule has 1 N–H and O–H groups in total. The van der Waals surface area contributed by atoms with E-state index >= 15 is 0 Å². The van der Waals surface area contributed by atoms with E-state index in [9.17, 15) is 9.59 Å². The summed E-state index contributed by atoms with van der Waals surface area (Å²) < 4.78 is 10.4. The highest BCUT2D eigenvalue weighted by atomic mass is 16.5. The molecule has 0 aliphatic heterocycles. The van der Waals surface area contributed by atoms with Gasteiger partial charge in [0.2, 0.25) is 0 Å². The van der Waals surface area contributed by atoms with Crippen molar-refractivity contribution in [2.45, 2.75) is 46.0 Å². The fourth-order valence-corrected chi connectivity index (χ4v) is 3.27. The van der Waals surface area contributed by atoms with Crippen LogP contribution in [-0.2, 0) is 20.7 Å². The van der Waals surface area contributed by atoms with Gasteiger partial charge in [0.15, 0.2) is 12.2 Å². The van der Waals surface area contributed by atoms with E-state index in [1.807, 2.05) is 36.4 Å². The quantitative estimate of drug-likeness (QED) is 0.582. The molecule has 3 rings (SSSR count).